The number of carboxylic acids is 1. The van der Waals surface area contributed by atoms with Gasteiger partial charge in [-0.05, 0) is 30.0 Å². The molecule has 112 valence electrons. The Kier molecular flexibility index (Phi) is 4.60. The third kappa shape index (κ3) is 3.60. The number of rotatable bonds is 5. The largest absolute Gasteiger partial charge is 0.481 e. The molecule has 1 fully saturated rings. The van der Waals surface area contributed by atoms with Gasteiger partial charge in [0, 0.05) is 19.5 Å². The van der Waals surface area contributed by atoms with Crippen molar-refractivity contribution in [2.45, 2.75) is 24.2 Å². The van der Waals surface area contributed by atoms with E-state index < -0.39 is 16.0 Å². The summed E-state index contributed by atoms with van der Waals surface area (Å²) in [5, 5.41) is 17.4. The monoisotopic (exact) mass is 308 g/mol. The van der Waals surface area contributed by atoms with Gasteiger partial charge >= 0.3 is 5.97 Å². The highest BCUT2D eigenvalue weighted by atomic mass is 32.2. The Bertz CT molecular complexity index is 661. The first-order valence-electron chi connectivity index (χ1n) is 6.61. The maximum Gasteiger partial charge on any atom is 0.303 e. The SMILES string of the molecule is N#CCc1ccc(S(=O)(=O)N2CCC(CC(=O)O)C2)cc1. The van der Waals surface area contributed by atoms with Crippen molar-refractivity contribution < 1.29 is 18.3 Å². The molecule has 7 heteroatoms. The van der Waals surface area contributed by atoms with E-state index in [1.54, 1.807) is 12.1 Å². The lowest BCUT2D eigenvalue weighted by Gasteiger charge is -2.16. The van der Waals surface area contributed by atoms with Crippen LogP contribution in [-0.4, -0.2) is 36.9 Å². The van der Waals surface area contributed by atoms with Crippen molar-refractivity contribution in [3.05, 3.63) is 29.8 Å². The molecule has 1 heterocycles. The van der Waals surface area contributed by atoms with E-state index in [1.807, 2.05) is 6.07 Å². The van der Waals surface area contributed by atoms with Gasteiger partial charge in [0.2, 0.25) is 10.0 Å². The molecule has 0 spiro atoms. The second-order valence-corrected chi connectivity index (χ2v) is 7.03. The molecular weight excluding hydrogens is 292 g/mol. The zero-order valence-corrected chi connectivity index (χ0v) is 12.2. The molecule has 1 aromatic carbocycles. The van der Waals surface area contributed by atoms with Crippen LogP contribution in [0.3, 0.4) is 0 Å². The van der Waals surface area contributed by atoms with Crippen LogP contribution in [-0.2, 0) is 21.2 Å². The number of benzene rings is 1. The Hall–Kier alpha value is -1.91. The number of carbonyl (C=O) groups is 1. The average molecular weight is 308 g/mol. The smallest absolute Gasteiger partial charge is 0.303 e. The molecule has 1 atom stereocenters. The average Bonchev–Trinajstić information content (AvgIpc) is 2.88. The van der Waals surface area contributed by atoms with Crippen LogP contribution in [0.25, 0.3) is 0 Å². The Morgan fingerprint density at radius 1 is 1.38 bits per heavy atom. The van der Waals surface area contributed by atoms with Crippen molar-refractivity contribution in [2.24, 2.45) is 5.92 Å². The lowest BCUT2D eigenvalue weighted by Crippen LogP contribution is -2.29. The zero-order valence-electron chi connectivity index (χ0n) is 11.4. The first kappa shape index (κ1) is 15.5. The van der Waals surface area contributed by atoms with E-state index in [2.05, 4.69) is 0 Å². The Morgan fingerprint density at radius 3 is 2.62 bits per heavy atom. The summed E-state index contributed by atoms with van der Waals surface area (Å²) in [6, 6.07) is 8.24. The molecule has 0 aliphatic carbocycles. The van der Waals surface area contributed by atoms with Gasteiger partial charge in [0.05, 0.1) is 17.4 Å². The van der Waals surface area contributed by atoms with Crippen molar-refractivity contribution in [3.63, 3.8) is 0 Å². The number of hydrogen-bond donors (Lipinski definition) is 1. The third-order valence-corrected chi connectivity index (χ3v) is 5.44. The van der Waals surface area contributed by atoms with Crippen LogP contribution in [0.15, 0.2) is 29.2 Å². The first-order chi connectivity index (χ1) is 9.93. The van der Waals surface area contributed by atoms with Crippen LogP contribution in [0.4, 0.5) is 0 Å². The van der Waals surface area contributed by atoms with Crippen LogP contribution in [0.5, 0.6) is 0 Å². The number of hydrogen-bond acceptors (Lipinski definition) is 4. The van der Waals surface area contributed by atoms with E-state index in [1.165, 1.54) is 16.4 Å². The van der Waals surface area contributed by atoms with Crippen LogP contribution >= 0.6 is 0 Å². The number of aliphatic carboxylic acids is 1. The van der Waals surface area contributed by atoms with Crippen molar-refractivity contribution in [1.82, 2.24) is 4.31 Å². The highest BCUT2D eigenvalue weighted by Crippen LogP contribution is 2.26. The molecule has 21 heavy (non-hydrogen) atoms. The molecule has 0 radical (unpaired) electrons. The lowest BCUT2D eigenvalue weighted by molar-refractivity contribution is -0.137. The fourth-order valence-corrected chi connectivity index (χ4v) is 3.98. The Labute approximate surface area is 123 Å². The van der Waals surface area contributed by atoms with Crippen LogP contribution in [0, 0.1) is 17.2 Å². The minimum atomic E-state index is -3.58. The maximum absolute atomic E-state index is 12.4. The van der Waals surface area contributed by atoms with E-state index >= 15 is 0 Å². The Balaban J connectivity index is 2.12. The number of carboxylic acid groups (broad SMARTS) is 1. The molecule has 1 unspecified atom stereocenters. The van der Waals surface area contributed by atoms with Crippen molar-refractivity contribution in [1.29, 1.82) is 5.26 Å². The number of nitriles is 1. The summed E-state index contributed by atoms with van der Waals surface area (Å²) in [6.45, 7) is 0.592. The van der Waals surface area contributed by atoms with Crippen LogP contribution < -0.4 is 0 Å². The van der Waals surface area contributed by atoms with E-state index in [0.717, 1.165) is 5.56 Å². The summed E-state index contributed by atoms with van der Waals surface area (Å²) < 4.78 is 26.2. The van der Waals surface area contributed by atoms with E-state index in [-0.39, 0.29) is 30.2 Å². The van der Waals surface area contributed by atoms with Gasteiger partial charge in [-0.1, -0.05) is 12.1 Å². The highest BCUT2D eigenvalue weighted by molar-refractivity contribution is 7.89. The van der Waals surface area contributed by atoms with E-state index in [4.69, 9.17) is 10.4 Å². The molecule has 0 amide bonds. The molecule has 2 rings (SSSR count). The molecule has 1 aromatic rings. The summed E-state index contributed by atoms with van der Waals surface area (Å²) in [7, 11) is -3.58. The normalized spacial score (nSPS) is 19.3. The van der Waals surface area contributed by atoms with Gasteiger partial charge in [-0.25, -0.2) is 8.42 Å². The highest BCUT2D eigenvalue weighted by Gasteiger charge is 2.33. The Morgan fingerprint density at radius 2 is 2.05 bits per heavy atom. The van der Waals surface area contributed by atoms with Gasteiger partial charge in [0.25, 0.3) is 0 Å². The molecule has 1 aliphatic heterocycles. The zero-order chi connectivity index (χ0) is 15.5. The summed E-state index contributed by atoms with van der Waals surface area (Å²) in [5.74, 6) is -1.03. The predicted octanol–water partition coefficient (Wildman–Crippen LogP) is 1.24. The van der Waals surface area contributed by atoms with Crippen molar-refractivity contribution in [2.75, 3.05) is 13.1 Å². The fraction of sp³-hybridized carbons (Fsp3) is 0.429. The number of sulfonamides is 1. The van der Waals surface area contributed by atoms with Gasteiger partial charge in [-0.3, -0.25) is 4.79 Å². The molecular formula is C14H16N2O4S. The molecule has 6 nitrogen and oxygen atoms in total. The summed E-state index contributed by atoms with van der Waals surface area (Å²) in [4.78, 5) is 10.9. The fourth-order valence-electron chi connectivity index (χ4n) is 2.45. The van der Waals surface area contributed by atoms with E-state index in [0.29, 0.717) is 13.0 Å². The summed E-state index contributed by atoms with van der Waals surface area (Å²) >= 11 is 0. The summed E-state index contributed by atoms with van der Waals surface area (Å²) in [6.07, 6.45) is 0.801. The van der Waals surface area contributed by atoms with Gasteiger partial charge in [-0.15, -0.1) is 0 Å². The van der Waals surface area contributed by atoms with Gasteiger partial charge in [0.15, 0.2) is 0 Å². The molecule has 1 saturated heterocycles. The quantitative estimate of drug-likeness (QED) is 0.882. The summed E-state index contributed by atoms with van der Waals surface area (Å²) in [5.41, 5.74) is 0.765. The standard InChI is InChI=1S/C14H16N2O4S/c15-7-5-11-1-3-13(4-2-11)21(19,20)16-8-6-12(10-16)9-14(17)18/h1-4,12H,5-6,8-10H2,(H,17,18). The predicted molar refractivity (Wildman–Crippen MR) is 74.9 cm³/mol. The van der Waals surface area contributed by atoms with Crippen molar-refractivity contribution >= 4 is 16.0 Å². The maximum atomic E-state index is 12.4. The minimum absolute atomic E-state index is 0.00682. The topological polar surface area (TPSA) is 98.5 Å². The molecule has 0 saturated carbocycles. The lowest BCUT2D eigenvalue weighted by atomic mass is 10.1. The van der Waals surface area contributed by atoms with Crippen LogP contribution in [0.2, 0.25) is 0 Å². The van der Waals surface area contributed by atoms with Crippen LogP contribution in [0.1, 0.15) is 18.4 Å². The molecule has 1 N–H and O–H groups in total. The molecule has 0 bridgehead atoms. The number of nitrogens with zero attached hydrogens (tertiary/aromatic N) is 2. The molecule has 1 aliphatic rings. The van der Waals surface area contributed by atoms with E-state index in [9.17, 15) is 13.2 Å². The minimum Gasteiger partial charge on any atom is -0.481 e. The third-order valence-electron chi connectivity index (χ3n) is 3.56. The van der Waals surface area contributed by atoms with Gasteiger partial charge in [-0.2, -0.15) is 9.57 Å². The van der Waals surface area contributed by atoms with Gasteiger partial charge in [0.1, 0.15) is 0 Å². The molecule has 0 aromatic heterocycles. The van der Waals surface area contributed by atoms with Crippen molar-refractivity contribution in [3.8, 4) is 6.07 Å². The second-order valence-electron chi connectivity index (χ2n) is 5.09. The second kappa shape index (κ2) is 6.24. The van der Waals surface area contributed by atoms with Gasteiger partial charge < -0.3 is 5.11 Å². The first-order valence-corrected chi connectivity index (χ1v) is 8.05.